The zero-order chi connectivity index (χ0) is 11.6. The van der Waals surface area contributed by atoms with Crippen LogP contribution in [0, 0.1) is 11.8 Å². The van der Waals surface area contributed by atoms with Crippen LogP contribution in [0.25, 0.3) is 0 Å². The molecular weight excluding hydrogens is 198 g/mol. The quantitative estimate of drug-likeness (QED) is 0.698. The fourth-order valence-corrected chi connectivity index (χ4v) is 1.77. The highest BCUT2D eigenvalue weighted by atomic mass is 16.4. The molecule has 15 heavy (non-hydrogen) atoms. The maximum Gasteiger partial charge on any atom is 0.414 e. The Morgan fingerprint density at radius 1 is 1.53 bits per heavy atom. The minimum absolute atomic E-state index is 0.0190. The Labute approximate surface area is 88.1 Å². The van der Waals surface area contributed by atoms with Crippen LogP contribution < -0.4 is 0 Å². The summed E-state index contributed by atoms with van der Waals surface area (Å²) in [6, 6.07) is 0. The van der Waals surface area contributed by atoms with Crippen molar-refractivity contribution in [1.29, 1.82) is 0 Å². The van der Waals surface area contributed by atoms with Gasteiger partial charge in [0, 0.05) is 12.5 Å². The van der Waals surface area contributed by atoms with E-state index in [0.717, 1.165) is 4.90 Å². The van der Waals surface area contributed by atoms with Crippen molar-refractivity contribution in [1.82, 2.24) is 4.90 Å². The number of hydrogen-bond acceptors (Lipinski definition) is 3. The summed E-state index contributed by atoms with van der Waals surface area (Å²) in [5.74, 6) is -0.736. The van der Waals surface area contributed by atoms with Crippen LogP contribution in [0.2, 0.25) is 0 Å². The van der Waals surface area contributed by atoms with Gasteiger partial charge in [-0.15, -0.1) is 0 Å². The predicted octanol–water partition coefficient (Wildman–Crippen LogP) is 1.13. The fourth-order valence-electron chi connectivity index (χ4n) is 1.77. The maximum absolute atomic E-state index is 11.5. The van der Waals surface area contributed by atoms with Gasteiger partial charge in [0.25, 0.3) is 0 Å². The number of nitrogens with zero attached hydrogens (tertiary/aromatic N) is 1. The molecule has 1 atom stereocenters. The normalized spacial score (nSPS) is 22.3. The van der Waals surface area contributed by atoms with Crippen molar-refractivity contribution in [3.63, 3.8) is 0 Å². The molecule has 0 aromatic carbocycles. The molecule has 0 bridgehead atoms. The van der Waals surface area contributed by atoms with E-state index in [1.807, 2.05) is 13.8 Å². The van der Waals surface area contributed by atoms with E-state index in [4.69, 9.17) is 5.11 Å². The average molecular weight is 213 g/mol. The molecule has 2 amide bonds. The summed E-state index contributed by atoms with van der Waals surface area (Å²) in [7, 11) is 0. The number of piperidine rings is 1. The summed E-state index contributed by atoms with van der Waals surface area (Å²) in [4.78, 5) is 34.1. The molecule has 1 fully saturated rings. The SMILES string of the molecule is CC(C)CC1CN(C(=O)O)C(=O)CC1=O. The minimum atomic E-state index is -1.26. The van der Waals surface area contributed by atoms with Crippen LogP contribution in [0.5, 0.6) is 0 Å². The molecule has 5 heteroatoms. The Balaban J connectivity index is 2.71. The molecule has 5 nitrogen and oxygen atoms in total. The van der Waals surface area contributed by atoms with Gasteiger partial charge in [0.15, 0.2) is 0 Å². The number of Topliss-reactive ketones (excluding diaryl/α,β-unsaturated/α-hetero) is 1. The van der Waals surface area contributed by atoms with Gasteiger partial charge in [-0.25, -0.2) is 9.69 Å². The van der Waals surface area contributed by atoms with Gasteiger partial charge in [0.1, 0.15) is 5.78 Å². The Morgan fingerprint density at radius 3 is 2.60 bits per heavy atom. The molecular formula is C10H15NO4. The monoisotopic (exact) mass is 213 g/mol. The third kappa shape index (κ3) is 2.78. The Bertz CT molecular complexity index is 298. The Hall–Kier alpha value is -1.39. The fraction of sp³-hybridized carbons (Fsp3) is 0.700. The van der Waals surface area contributed by atoms with Crippen LogP contribution in [-0.4, -0.2) is 34.3 Å². The second-order valence-electron chi connectivity index (χ2n) is 4.26. The van der Waals surface area contributed by atoms with Gasteiger partial charge in [-0.05, 0) is 12.3 Å². The first-order valence-electron chi connectivity index (χ1n) is 4.97. The summed E-state index contributed by atoms with van der Waals surface area (Å²) < 4.78 is 0. The van der Waals surface area contributed by atoms with E-state index in [1.165, 1.54) is 0 Å². The highest BCUT2D eigenvalue weighted by molar-refractivity contribution is 6.06. The number of ketones is 1. The highest BCUT2D eigenvalue weighted by Gasteiger charge is 2.35. The van der Waals surface area contributed by atoms with Crippen molar-refractivity contribution in [3.05, 3.63) is 0 Å². The van der Waals surface area contributed by atoms with Gasteiger partial charge >= 0.3 is 6.09 Å². The third-order valence-corrected chi connectivity index (χ3v) is 2.47. The van der Waals surface area contributed by atoms with Crippen LogP contribution in [-0.2, 0) is 9.59 Å². The first-order chi connectivity index (χ1) is 6.91. The Morgan fingerprint density at radius 2 is 2.13 bits per heavy atom. The molecule has 0 spiro atoms. The molecule has 1 N–H and O–H groups in total. The van der Waals surface area contributed by atoms with E-state index in [1.54, 1.807) is 0 Å². The van der Waals surface area contributed by atoms with Crippen molar-refractivity contribution in [2.45, 2.75) is 26.7 Å². The van der Waals surface area contributed by atoms with Gasteiger partial charge < -0.3 is 5.11 Å². The lowest BCUT2D eigenvalue weighted by Crippen LogP contribution is -2.47. The molecule has 1 unspecified atom stereocenters. The number of carbonyl (C=O) groups is 3. The van der Waals surface area contributed by atoms with E-state index in [9.17, 15) is 14.4 Å². The molecule has 0 aromatic heterocycles. The molecule has 84 valence electrons. The smallest absolute Gasteiger partial charge is 0.414 e. The standard InChI is InChI=1S/C10H15NO4/c1-6(2)3-7-5-11(10(14)15)9(13)4-8(7)12/h6-7H,3-5H2,1-2H3,(H,14,15). The number of likely N-dealkylation sites (tertiary alicyclic amines) is 1. The zero-order valence-electron chi connectivity index (χ0n) is 8.90. The molecule has 0 radical (unpaired) electrons. The number of carboxylic acid groups (broad SMARTS) is 1. The van der Waals surface area contributed by atoms with Gasteiger partial charge in [0.2, 0.25) is 5.91 Å². The molecule has 0 aliphatic carbocycles. The minimum Gasteiger partial charge on any atom is -0.465 e. The summed E-state index contributed by atoms with van der Waals surface area (Å²) in [5.41, 5.74) is 0. The van der Waals surface area contributed by atoms with Crippen LogP contribution in [0.4, 0.5) is 4.79 Å². The van der Waals surface area contributed by atoms with Crippen LogP contribution >= 0.6 is 0 Å². The molecule has 0 saturated carbocycles. The molecule has 1 aliphatic rings. The highest BCUT2D eigenvalue weighted by Crippen LogP contribution is 2.21. The number of rotatable bonds is 2. The second kappa shape index (κ2) is 4.42. The average Bonchev–Trinajstić information content (AvgIpc) is 2.08. The van der Waals surface area contributed by atoms with E-state index in [-0.39, 0.29) is 24.7 Å². The van der Waals surface area contributed by atoms with Crippen molar-refractivity contribution in [2.75, 3.05) is 6.54 Å². The van der Waals surface area contributed by atoms with Crippen LogP contribution in [0.3, 0.4) is 0 Å². The first-order valence-corrected chi connectivity index (χ1v) is 4.97. The zero-order valence-corrected chi connectivity index (χ0v) is 8.90. The molecule has 1 rings (SSSR count). The second-order valence-corrected chi connectivity index (χ2v) is 4.26. The number of carbonyl (C=O) groups excluding carboxylic acids is 2. The van der Waals surface area contributed by atoms with Crippen molar-refractivity contribution in [2.24, 2.45) is 11.8 Å². The number of hydrogen-bond donors (Lipinski definition) is 1. The summed E-state index contributed by atoms with van der Waals surface area (Å²) in [5, 5.41) is 8.74. The summed E-state index contributed by atoms with van der Waals surface area (Å²) >= 11 is 0. The Kier molecular flexibility index (Phi) is 3.44. The lowest BCUT2D eigenvalue weighted by molar-refractivity contribution is -0.140. The van der Waals surface area contributed by atoms with E-state index in [2.05, 4.69) is 0 Å². The summed E-state index contributed by atoms with van der Waals surface area (Å²) in [6.45, 7) is 3.95. The van der Waals surface area contributed by atoms with E-state index >= 15 is 0 Å². The molecule has 1 heterocycles. The van der Waals surface area contributed by atoms with Gasteiger partial charge in [-0.3, -0.25) is 9.59 Å². The lowest BCUT2D eigenvalue weighted by Gasteiger charge is -2.28. The predicted molar refractivity (Wildman–Crippen MR) is 52.3 cm³/mol. The van der Waals surface area contributed by atoms with Crippen LogP contribution in [0.1, 0.15) is 26.7 Å². The molecule has 1 aliphatic heterocycles. The van der Waals surface area contributed by atoms with E-state index < -0.39 is 12.0 Å². The van der Waals surface area contributed by atoms with Crippen molar-refractivity contribution < 1.29 is 19.5 Å². The third-order valence-electron chi connectivity index (χ3n) is 2.47. The first kappa shape index (κ1) is 11.7. The molecule has 1 saturated heterocycles. The topological polar surface area (TPSA) is 74.7 Å². The molecule has 0 aromatic rings. The summed E-state index contributed by atoms with van der Waals surface area (Å²) in [6.07, 6.45) is -0.902. The van der Waals surface area contributed by atoms with Gasteiger partial charge in [0.05, 0.1) is 6.42 Å². The number of amides is 2. The lowest BCUT2D eigenvalue weighted by atomic mass is 9.88. The largest absolute Gasteiger partial charge is 0.465 e. The van der Waals surface area contributed by atoms with Crippen LogP contribution in [0.15, 0.2) is 0 Å². The van der Waals surface area contributed by atoms with Crippen molar-refractivity contribution >= 4 is 17.8 Å². The van der Waals surface area contributed by atoms with E-state index in [0.29, 0.717) is 12.3 Å². The van der Waals surface area contributed by atoms with Crippen molar-refractivity contribution in [3.8, 4) is 0 Å². The van der Waals surface area contributed by atoms with Gasteiger partial charge in [-0.1, -0.05) is 13.8 Å². The maximum atomic E-state index is 11.5. The van der Waals surface area contributed by atoms with Gasteiger partial charge in [-0.2, -0.15) is 0 Å². The number of imide groups is 1.